The quantitative estimate of drug-likeness (QED) is 0.142. The van der Waals surface area contributed by atoms with Crippen LogP contribution < -0.4 is 14.5 Å². The zero-order chi connectivity index (χ0) is 67.5. The van der Waals surface area contributed by atoms with Gasteiger partial charge in [-0.1, -0.05) is 177 Å². The zero-order valence-corrected chi connectivity index (χ0v) is 43.1. The maximum absolute atomic E-state index is 9.75. The molecule has 1 aliphatic heterocycles. The molecule has 0 N–H and O–H groups in total. The Balaban J connectivity index is 0.00000946. The fraction of sp³-hybridized carbons (Fsp3) is 0.182. The van der Waals surface area contributed by atoms with E-state index in [2.05, 4.69) is 37.9 Å². The molecule has 72 heavy (non-hydrogen) atoms. The predicted octanol–water partition coefficient (Wildman–Crippen LogP) is 17.9. The van der Waals surface area contributed by atoms with E-state index in [0.29, 0.717) is 22.6 Å². The van der Waals surface area contributed by atoms with Crippen LogP contribution in [0.1, 0.15) is 108 Å². The SMILES string of the molecule is [2H]c1nc(-n2c3[c-]c(Oc4[c-]c(N5[CH-]N(c6c(-c7cccc(C(C)(C)C)c7)cc(C(C)(C)C)cc6-c6c([2H])c([2H])c([2H])c([2H])c6[2H])c6ccccc65)c([2H])c([2H])c4[2H])c([2H])c([2H])c3c3c([2H])c(-c4c([2H])c([2H])c([2H])c([2H])c4[2H])c([2H])c([2H])c32)c([2H])c(C(C)(C)C)c1[2H].[Pt]. The molecule has 0 atom stereocenters. The standard InChI is InChI=1S/C66H59N4O.Pt/c1-64(2,3)48-25-18-24-47(36-48)56-39-50(66(7,8)9)38-55(45-22-14-11-15-23-45)63(56)69-43-68(59-28-16-17-29-60(59)69)51-26-19-27-52(41-51)71-53-31-32-54-57-37-46(44-20-12-10-13-21-44)30-33-58(57)70(61(54)42-53)62-40-49(34-35-67-62)65(4,5)6;/h10-40,43H,1-9H3;/q-3;/i10D,11D,12D,13D,14D,15D,19D,20D,21D,22D,23D,26D,27D,30D,31D,32D,33D,34D,35D,37D,40D;. The van der Waals surface area contributed by atoms with Crippen LogP contribution in [0.2, 0.25) is 0 Å². The van der Waals surface area contributed by atoms with Crippen LogP contribution in [-0.2, 0) is 37.3 Å². The van der Waals surface area contributed by atoms with Gasteiger partial charge in [0.1, 0.15) is 5.82 Å². The number of hydrogen-bond acceptors (Lipinski definition) is 4. The average molecular weight is 1140 g/mol. The zero-order valence-electron chi connectivity index (χ0n) is 61.9. The molecular formula is C66H59N4OPt-3. The maximum Gasteiger partial charge on any atom is 0.135 e. The smallest absolute Gasteiger partial charge is 0.135 e. The first-order valence-electron chi connectivity index (χ1n) is 33.5. The number of benzene rings is 8. The number of fused-ring (bicyclic) bond motifs is 4. The molecule has 2 aromatic heterocycles. The van der Waals surface area contributed by atoms with E-state index in [1.807, 2.05) is 57.2 Å². The fourth-order valence-corrected chi connectivity index (χ4v) is 8.47. The summed E-state index contributed by atoms with van der Waals surface area (Å²) in [7, 11) is 0. The Hall–Kier alpha value is -7.20. The summed E-state index contributed by atoms with van der Waals surface area (Å²) < 4.78 is 199. The minimum atomic E-state index is -0.989. The monoisotopic (exact) mass is 1140 g/mol. The van der Waals surface area contributed by atoms with E-state index < -0.39 is 172 Å². The first-order valence-corrected chi connectivity index (χ1v) is 23.0. The van der Waals surface area contributed by atoms with E-state index in [9.17, 15) is 15.1 Å². The second-order valence-electron chi connectivity index (χ2n) is 20.3. The van der Waals surface area contributed by atoms with Crippen molar-refractivity contribution in [1.29, 1.82) is 0 Å². The second-order valence-corrected chi connectivity index (χ2v) is 20.3. The molecule has 0 saturated carbocycles. The third-order valence-electron chi connectivity index (χ3n) is 12.2. The molecule has 1 aliphatic rings. The fourth-order valence-electron chi connectivity index (χ4n) is 8.47. The molecule has 11 rings (SSSR count). The topological polar surface area (TPSA) is 33.5 Å². The number of ether oxygens (including phenoxy) is 1. The Labute approximate surface area is 469 Å². The van der Waals surface area contributed by atoms with Crippen molar-refractivity contribution >= 4 is 44.6 Å². The number of pyridine rings is 1. The van der Waals surface area contributed by atoms with Crippen LogP contribution in [0.15, 0.2) is 188 Å². The van der Waals surface area contributed by atoms with Gasteiger partial charge in [-0.15, -0.1) is 48.0 Å². The summed E-state index contributed by atoms with van der Waals surface area (Å²) in [5.74, 6) is -1.62. The van der Waals surface area contributed by atoms with Gasteiger partial charge in [0.2, 0.25) is 0 Å². The van der Waals surface area contributed by atoms with E-state index >= 15 is 0 Å². The normalized spacial score (nSPS) is 16.9. The van der Waals surface area contributed by atoms with Crippen molar-refractivity contribution in [3.63, 3.8) is 0 Å². The summed E-state index contributed by atoms with van der Waals surface area (Å²) in [4.78, 5) is 7.62. The number of rotatable bonds is 8. The van der Waals surface area contributed by atoms with E-state index in [-0.39, 0.29) is 65.1 Å². The summed E-state index contributed by atoms with van der Waals surface area (Å²) in [6.45, 7) is 18.9. The molecule has 3 heterocycles. The Morgan fingerprint density at radius 2 is 1.18 bits per heavy atom. The van der Waals surface area contributed by atoms with Crippen LogP contribution in [0.5, 0.6) is 11.5 Å². The number of anilines is 4. The van der Waals surface area contributed by atoms with Crippen molar-refractivity contribution in [3.05, 3.63) is 223 Å². The van der Waals surface area contributed by atoms with Gasteiger partial charge >= 0.3 is 0 Å². The second kappa shape index (κ2) is 18.8. The number of aromatic nitrogens is 2. The summed E-state index contributed by atoms with van der Waals surface area (Å²) in [6.07, 6.45) is -0.619. The molecule has 0 unspecified atom stereocenters. The molecule has 0 fully saturated rings. The Morgan fingerprint density at radius 1 is 0.528 bits per heavy atom. The van der Waals surface area contributed by atoms with Crippen molar-refractivity contribution in [2.24, 2.45) is 0 Å². The molecule has 0 amide bonds. The predicted molar refractivity (Wildman–Crippen MR) is 297 cm³/mol. The van der Waals surface area contributed by atoms with Gasteiger partial charge in [0.25, 0.3) is 0 Å². The van der Waals surface area contributed by atoms with Gasteiger partial charge in [-0.05, 0) is 107 Å². The van der Waals surface area contributed by atoms with E-state index in [1.54, 1.807) is 56.6 Å². The molecule has 5 nitrogen and oxygen atoms in total. The Kier molecular flexibility index (Phi) is 7.65. The van der Waals surface area contributed by atoms with Gasteiger partial charge in [-0.2, -0.15) is 12.1 Å². The van der Waals surface area contributed by atoms with Gasteiger partial charge < -0.3 is 19.1 Å². The largest absolute Gasteiger partial charge is 0.509 e. The molecule has 8 aromatic carbocycles. The number of para-hydroxylation sites is 2. The van der Waals surface area contributed by atoms with Crippen LogP contribution in [0.25, 0.3) is 61.0 Å². The van der Waals surface area contributed by atoms with Crippen molar-refractivity contribution in [2.75, 3.05) is 9.80 Å². The Morgan fingerprint density at radius 3 is 1.88 bits per heavy atom. The molecule has 0 spiro atoms. The van der Waals surface area contributed by atoms with Crippen LogP contribution in [0.4, 0.5) is 22.7 Å². The summed E-state index contributed by atoms with van der Waals surface area (Å²) >= 11 is 0. The molecule has 0 radical (unpaired) electrons. The summed E-state index contributed by atoms with van der Waals surface area (Å²) in [5, 5.41) is -0.707. The number of hydrogen-bond donors (Lipinski definition) is 0. The van der Waals surface area contributed by atoms with Gasteiger partial charge in [-0.3, -0.25) is 0 Å². The van der Waals surface area contributed by atoms with Crippen molar-refractivity contribution < 1.29 is 54.6 Å². The van der Waals surface area contributed by atoms with Crippen LogP contribution in [0.3, 0.4) is 0 Å². The van der Waals surface area contributed by atoms with Gasteiger partial charge in [0.05, 0.1) is 21.9 Å². The minimum Gasteiger partial charge on any atom is -0.509 e. The molecule has 0 saturated heterocycles. The molecular weight excluding hydrogens is 1060 g/mol. The van der Waals surface area contributed by atoms with Crippen LogP contribution >= 0.6 is 0 Å². The van der Waals surface area contributed by atoms with E-state index in [1.165, 1.54) is 4.90 Å². The van der Waals surface area contributed by atoms with Crippen molar-refractivity contribution in [1.82, 2.24) is 9.55 Å². The molecule has 10 aromatic rings. The van der Waals surface area contributed by atoms with Crippen LogP contribution in [0, 0.1) is 18.8 Å². The molecule has 6 heteroatoms. The van der Waals surface area contributed by atoms with Gasteiger partial charge in [0.15, 0.2) is 0 Å². The number of nitrogens with zero attached hydrogens (tertiary/aromatic N) is 4. The van der Waals surface area contributed by atoms with Crippen LogP contribution in [-0.4, -0.2) is 9.55 Å². The van der Waals surface area contributed by atoms with E-state index in [0.717, 1.165) is 21.3 Å². The third kappa shape index (κ3) is 9.16. The summed E-state index contributed by atoms with van der Waals surface area (Å²) in [6, 6.07) is 11.7. The minimum absolute atomic E-state index is 0. The average Bonchev–Trinajstić information content (AvgIpc) is 1.57. The van der Waals surface area contributed by atoms with Gasteiger partial charge in [0, 0.05) is 75.2 Å². The maximum atomic E-state index is 9.75. The molecule has 0 aliphatic carbocycles. The molecule has 0 bridgehead atoms. The van der Waals surface area contributed by atoms with E-state index in [4.69, 9.17) is 18.4 Å². The first kappa shape index (κ1) is 29.3. The Bertz CT molecular complexity index is 4820. The van der Waals surface area contributed by atoms with Crippen molar-refractivity contribution in [2.45, 2.75) is 78.6 Å². The first-order chi connectivity index (χ1) is 42.8. The third-order valence-corrected chi connectivity index (χ3v) is 12.2. The molecule has 362 valence electrons. The summed E-state index contributed by atoms with van der Waals surface area (Å²) in [5.41, 5.74) is 0.583. The van der Waals surface area contributed by atoms with Gasteiger partial charge in [-0.25, -0.2) is 4.98 Å². The van der Waals surface area contributed by atoms with Crippen molar-refractivity contribution in [3.8, 4) is 50.7 Å².